The van der Waals surface area contributed by atoms with Gasteiger partial charge in [-0.15, -0.1) is 0 Å². The van der Waals surface area contributed by atoms with E-state index in [2.05, 4.69) is 30.1 Å². The Morgan fingerprint density at radius 3 is 2.75 bits per heavy atom. The van der Waals surface area contributed by atoms with Crippen LogP contribution in [0.4, 0.5) is 0 Å². The van der Waals surface area contributed by atoms with Crippen molar-refractivity contribution in [2.24, 2.45) is 29.6 Å². The Morgan fingerprint density at radius 1 is 1.31 bits per heavy atom. The number of aromatic amines is 1. The molecule has 1 aromatic heterocycles. The SMILES string of the molecule is CO[C@@H]1CO[C@H](C(C)O)[C@H](C)/C=C(\C)[C@]23O[C@@H]4[C@H](C=C[C@@H]2C1)[C@H]3[C@H](O)[C@@H](C)[C@H]4OC(=O)c1ccc[nH]1. The molecule has 1 aromatic rings. The van der Waals surface area contributed by atoms with Crippen LogP contribution in [0.1, 0.15) is 44.6 Å². The summed E-state index contributed by atoms with van der Waals surface area (Å²) in [5.74, 6) is -1.15. The van der Waals surface area contributed by atoms with Gasteiger partial charge in [0.05, 0.1) is 31.0 Å². The number of H-pyrrole nitrogens is 1. The van der Waals surface area contributed by atoms with E-state index in [0.29, 0.717) is 18.7 Å². The van der Waals surface area contributed by atoms with Gasteiger partial charge in [-0.25, -0.2) is 4.79 Å². The van der Waals surface area contributed by atoms with E-state index in [0.717, 1.165) is 5.57 Å². The van der Waals surface area contributed by atoms with E-state index in [-0.39, 0.29) is 47.9 Å². The molecule has 4 aliphatic rings. The molecule has 0 amide bonds. The minimum Gasteiger partial charge on any atom is -0.455 e. The lowest BCUT2D eigenvalue weighted by Gasteiger charge is -2.49. The number of esters is 1. The summed E-state index contributed by atoms with van der Waals surface area (Å²) in [6.45, 7) is 8.13. The molecule has 5 rings (SSSR count). The molecule has 4 bridgehead atoms. The highest BCUT2D eigenvalue weighted by molar-refractivity contribution is 5.87. The van der Waals surface area contributed by atoms with Crippen molar-refractivity contribution in [2.45, 2.75) is 76.3 Å². The van der Waals surface area contributed by atoms with Crippen LogP contribution in [0.2, 0.25) is 0 Å². The van der Waals surface area contributed by atoms with Gasteiger partial charge in [0.1, 0.15) is 23.5 Å². The number of methoxy groups -OCH3 is 1. The van der Waals surface area contributed by atoms with Crippen molar-refractivity contribution in [3.63, 3.8) is 0 Å². The summed E-state index contributed by atoms with van der Waals surface area (Å²) in [4.78, 5) is 15.8. The van der Waals surface area contributed by atoms with E-state index >= 15 is 0 Å². The van der Waals surface area contributed by atoms with Crippen LogP contribution in [0.15, 0.2) is 42.1 Å². The first-order valence-corrected chi connectivity index (χ1v) is 13.1. The summed E-state index contributed by atoms with van der Waals surface area (Å²) in [6.07, 6.45) is 5.85. The maximum Gasteiger partial charge on any atom is 0.355 e. The minimum atomic E-state index is -0.767. The van der Waals surface area contributed by atoms with Gasteiger partial charge < -0.3 is 34.1 Å². The largest absolute Gasteiger partial charge is 0.455 e. The summed E-state index contributed by atoms with van der Waals surface area (Å²) in [6, 6.07) is 3.43. The van der Waals surface area contributed by atoms with Crippen molar-refractivity contribution in [3.05, 3.63) is 47.8 Å². The number of aliphatic hydroxyl groups excluding tert-OH is 2. The molecule has 36 heavy (non-hydrogen) atoms. The van der Waals surface area contributed by atoms with Crippen LogP contribution < -0.4 is 0 Å². The van der Waals surface area contributed by atoms with E-state index in [1.54, 1.807) is 32.4 Å². The van der Waals surface area contributed by atoms with Crippen molar-refractivity contribution in [2.75, 3.05) is 13.7 Å². The van der Waals surface area contributed by atoms with E-state index < -0.39 is 29.9 Å². The van der Waals surface area contributed by atoms with E-state index in [4.69, 9.17) is 18.9 Å². The van der Waals surface area contributed by atoms with Crippen molar-refractivity contribution in [1.29, 1.82) is 0 Å². The number of carbonyl (C=O) groups excluding carboxylic acids is 1. The highest BCUT2D eigenvalue weighted by Crippen LogP contribution is 2.61. The lowest BCUT2D eigenvalue weighted by Crippen LogP contribution is -2.57. The first-order valence-electron chi connectivity index (χ1n) is 13.1. The molecule has 8 nitrogen and oxygen atoms in total. The second-order valence-electron chi connectivity index (χ2n) is 11.1. The molecule has 1 saturated heterocycles. The van der Waals surface area contributed by atoms with E-state index in [1.807, 2.05) is 13.8 Å². The van der Waals surface area contributed by atoms with Gasteiger partial charge in [-0.2, -0.15) is 0 Å². The summed E-state index contributed by atoms with van der Waals surface area (Å²) in [7, 11) is 1.67. The monoisotopic (exact) mass is 501 g/mol. The highest BCUT2D eigenvalue weighted by Gasteiger charge is 2.68. The van der Waals surface area contributed by atoms with E-state index in [1.165, 1.54) is 0 Å². The smallest absolute Gasteiger partial charge is 0.355 e. The van der Waals surface area contributed by atoms with Gasteiger partial charge in [0, 0.05) is 42.9 Å². The quantitative estimate of drug-likeness (QED) is 0.430. The number of hydrogen-bond acceptors (Lipinski definition) is 7. The molecule has 1 unspecified atom stereocenters. The zero-order valence-electron chi connectivity index (χ0n) is 21.7. The van der Waals surface area contributed by atoms with Gasteiger partial charge in [0.15, 0.2) is 0 Å². The van der Waals surface area contributed by atoms with Crippen LogP contribution in [0, 0.1) is 29.6 Å². The van der Waals surface area contributed by atoms with Gasteiger partial charge >= 0.3 is 5.97 Å². The van der Waals surface area contributed by atoms with Gasteiger partial charge in [0.25, 0.3) is 0 Å². The third-order valence-corrected chi connectivity index (χ3v) is 8.99. The summed E-state index contributed by atoms with van der Waals surface area (Å²) in [5.41, 5.74) is 0.620. The molecule has 198 valence electrons. The van der Waals surface area contributed by atoms with Crippen LogP contribution >= 0.6 is 0 Å². The molecule has 2 aliphatic carbocycles. The maximum absolute atomic E-state index is 12.9. The molecule has 2 aliphatic heterocycles. The lowest BCUT2D eigenvalue weighted by molar-refractivity contribution is -0.117. The number of rotatable bonds is 4. The normalized spacial score (nSPS) is 46.4. The number of aromatic nitrogens is 1. The number of aliphatic hydroxyl groups is 2. The predicted octanol–water partition coefficient (Wildman–Crippen LogP) is 2.87. The Morgan fingerprint density at radius 2 is 2.08 bits per heavy atom. The molecule has 3 heterocycles. The highest BCUT2D eigenvalue weighted by atomic mass is 16.6. The maximum atomic E-state index is 12.9. The van der Waals surface area contributed by atoms with Crippen LogP contribution in [0.25, 0.3) is 0 Å². The average molecular weight is 502 g/mol. The second kappa shape index (κ2) is 9.72. The van der Waals surface area contributed by atoms with Gasteiger partial charge in [-0.3, -0.25) is 0 Å². The summed E-state index contributed by atoms with van der Waals surface area (Å²) < 4.78 is 24.9. The number of carbonyl (C=O) groups is 1. The molecule has 1 saturated carbocycles. The van der Waals surface area contributed by atoms with Crippen LogP contribution in [-0.2, 0) is 18.9 Å². The molecular formula is C28H39NO7. The van der Waals surface area contributed by atoms with Crippen LogP contribution in [-0.4, -0.2) is 77.1 Å². The molecule has 8 heteroatoms. The van der Waals surface area contributed by atoms with Crippen molar-refractivity contribution >= 4 is 5.97 Å². The van der Waals surface area contributed by atoms with Crippen molar-refractivity contribution < 1.29 is 34.0 Å². The van der Waals surface area contributed by atoms with Gasteiger partial charge in [-0.05, 0) is 38.0 Å². The topological polar surface area (TPSA) is 110 Å². The number of nitrogens with one attached hydrogen (secondary N) is 1. The molecule has 3 N–H and O–H groups in total. The molecule has 12 atom stereocenters. The Bertz CT molecular complexity index is 1000. The zero-order valence-corrected chi connectivity index (χ0v) is 21.7. The molecule has 0 aromatic carbocycles. The summed E-state index contributed by atoms with van der Waals surface area (Å²) in [5, 5.41) is 22.1. The molecule has 2 fully saturated rings. The second-order valence-corrected chi connectivity index (χ2v) is 11.1. The Hall–Kier alpha value is -1.97. The van der Waals surface area contributed by atoms with Gasteiger partial charge in [0.2, 0.25) is 0 Å². The standard InChI is InChI=1S/C28H39NO7/c1-14-11-15(2)28-18(12-19(33-5)13-34-24(14)17(4)30)8-9-20-22(28)23(31)16(3)25(26(20)36-28)35-27(32)21-7-6-10-29-21/h6-11,14,16-20,22-26,29-31H,12-13H2,1-5H3/b15-11+/t14-,16-,17?,18-,19+,20-,22+,23-,24+,25-,26-,28+/m1/s1. The fraction of sp³-hybridized carbons (Fsp3) is 0.679. The van der Waals surface area contributed by atoms with E-state index in [9.17, 15) is 15.0 Å². The molecular weight excluding hydrogens is 462 g/mol. The summed E-state index contributed by atoms with van der Waals surface area (Å²) >= 11 is 0. The fourth-order valence-corrected chi connectivity index (χ4v) is 7.23. The Balaban J connectivity index is 1.55. The predicted molar refractivity (Wildman–Crippen MR) is 132 cm³/mol. The number of ether oxygens (including phenoxy) is 4. The molecule has 1 spiro atoms. The average Bonchev–Trinajstić information content (AvgIpc) is 3.44. The minimum absolute atomic E-state index is 0.0523. The Kier molecular flexibility index (Phi) is 6.93. The number of hydrogen-bond donors (Lipinski definition) is 3. The van der Waals surface area contributed by atoms with Gasteiger partial charge in [-0.1, -0.05) is 32.1 Å². The third-order valence-electron chi connectivity index (χ3n) is 8.99. The van der Waals surface area contributed by atoms with Crippen molar-refractivity contribution in [1.82, 2.24) is 4.98 Å². The zero-order chi connectivity index (χ0) is 25.8. The lowest BCUT2D eigenvalue weighted by atomic mass is 9.57. The van der Waals surface area contributed by atoms with Crippen LogP contribution in [0.3, 0.4) is 0 Å². The van der Waals surface area contributed by atoms with Crippen molar-refractivity contribution in [3.8, 4) is 0 Å². The Labute approximate surface area is 212 Å². The third kappa shape index (κ3) is 3.98. The fourth-order valence-electron chi connectivity index (χ4n) is 7.23. The van der Waals surface area contributed by atoms with Crippen LogP contribution in [0.5, 0.6) is 0 Å². The molecule has 0 radical (unpaired) electrons. The first kappa shape index (κ1) is 25.7. The first-order chi connectivity index (χ1) is 17.2.